The Morgan fingerprint density at radius 3 is 2.40 bits per heavy atom. The summed E-state index contributed by atoms with van der Waals surface area (Å²) in [7, 11) is 0.665. The van der Waals surface area contributed by atoms with Gasteiger partial charge in [0.2, 0.25) is 0 Å². The lowest BCUT2D eigenvalue weighted by Crippen LogP contribution is -1.98. The number of hydrogen-bond donors (Lipinski definition) is 1. The summed E-state index contributed by atoms with van der Waals surface area (Å²) >= 11 is 0. The number of furan rings is 1. The van der Waals surface area contributed by atoms with Crippen molar-refractivity contribution in [2.45, 2.75) is 0 Å². The zero-order valence-electron chi connectivity index (χ0n) is 10.5. The van der Waals surface area contributed by atoms with Gasteiger partial charge in [-0.15, -0.1) is 0 Å². The Bertz CT molecular complexity index is 927. The second-order valence-corrected chi connectivity index (χ2v) is 4.68. The van der Waals surface area contributed by atoms with Crippen LogP contribution in [0.15, 0.2) is 59.0 Å². The van der Waals surface area contributed by atoms with Gasteiger partial charge in [-0.25, -0.2) is 0 Å². The van der Waals surface area contributed by atoms with Crippen molar-refractivity contribution < 1.29 is 14.1 Å². The third kappa shape index (κ3) is 1.66. The molecule has 0 aliphatic heterocycles. The van der Waals surface area contributed by atoms with Gasteiger partial charge in [0.25, 0.3) is 0 Å². The average molecular weight is 261 g/mol. The highest BCUT2D eigenvalue weighted by Gasteiger charge is 2.09. The van der Waals surface area contributed by atoms with Gasteiger partial charge in [0, 0.05) is 16.8 Å². The van der Waals surface area contributed by atoms with E-state index in [4.69, 9.17) is 14.1 Å². The molecule has 4 rings (SSSR count). The molecular weight excluding hydrogens is 251 g/mol. The van der Waals surface area contributed by atoms with Crippen LogP contribution in [0.2, 0.25) is 0 Å². The second-order valence-electron chi connectivity index (χ2n) is 4.68. The van der Waals surface area contributed by atoms with Crippen LogP contribution in [-0.4, -0.2) is 12.7 Å². The van der Waals surface area contributed by atoms with E-state index in [1.165, 1.54) is 5.39 Å². The van der Waals surface area contributed by atoms with Crippen molar-refractivity contribution in [1.82, 2.24) is 0 Å². The summed E-state index contributed by atoms with van der Waals surface area (Å²) in [5.41, 5.74) is 1.60. The molecule has 0 unspecified atom stereocenters. The molecule has 4 heteroatoms. The fraction of sp³-hybridized carbons (Fsp3) is 0. The quantitative estimate of drug-likeness (QED) is 0.560. The molecule has 0 saturated heterocycles. The minimum atomic E-state index is 0.545. The molecule has 0 atom stereocenters. The topological polar surface area (TPSA) is 42.6 Å². The highest BCUT2D eigenvalue weighted by molar-refractivity contribution is 6.17. The third-order valence-corrected chi connectivity index (χ3v) is 3.50. The van der Waals surface area contributed by atoms with Crippen molar-refractivity contribution in [3.05, 3.63) is 54.6 Å². The monoisotopic (exact) mass is 261 g/mol. The second kappa shape index (κ2) is 4.29. The molecule has 1 N–H and O–H groups in total. The van der Waals surface area contributed by atoms with Crippen molar-refractivity contribution >= 4 is 40.4 Å². The molecule has 20 heavy (non-hydrogen) atoms. The summed E-state index contributed by atoms with van der Waals surface area (Å²) < 4.78 is 10.8. The molecule has 1 aromatic heterocycles. The van der Waals surface area contributed by atoms with E-state index in [1.54, 1.807) is 12.1 Å². The molecule has 0 aliphatic carbocycles. The van der Waals surface area contributed by atoms with Gasteiger partial charge in [0.05, 0.1) is 0 Å². The first-order valence-corrected chi connectivity index (χ1v) is 6.33. The molecule has 0 saturated carbocycles. The molecule has 0 amide bonds. The first-order chi connectivity index (χ1) is 9.85. The average Bonchev–Trinajstić information content (AvgIpc) is 2.82. The van der Waals surface area contributed by atoms with Gasteiger partial charge in [-0.3, -0.25) is 0 Å². The first-order valence-electron chi connectivity index (χ1n) is 6.33. The molecule has 4 aromatic rings. The van der Waals surface area contributed by atoms with Crippen molar-refractivity contribution in [3.8, 4) is 5.75 Å². The van der Waals surface area contributed by atoms with E-state index in [2.05, 4.69) is 18.2 Å². The van der Waals surface area contributed by atoms with E-state index >= 15 is 0 Å². The van der Waals surface area contributed by atoms with Gasteiger partial charge in [0.1, 0.15) is 16.9 Å². The van der Waals surface area contributed by atoms with Crippen LogP contribution in [0.5, 0.6) is 5.75 Å². The zero-order valence-corrected chi connectivity index (χ0v) is 10.5. The summed E-state index contributed by atoms with van der Waals surface area (Å²) in [6, 6.07) is 17.9. The third-order valence-electron chi connectivity index (χ3n) is 3.50. The number of rotatable bonds is 2. The Balaban J connectivity index is 2.05. The van der Waals surface area contributed by atoms with Crippen LogP contribution < -0.4 is 4.65 Å². The Labute approximate surface area is 115 Å². The Morgan fingerprint density at radius 2 is 1.60 bits per heavy atom. The van der Waals surface area contributed by atoms with E-state index in [0.717, 1.165) is 27.3 Å². The zero-order chi connectivity index (χ0) is 13.5. The SMILES string of the molecule is O[B]Oc1ccc2c(c1)oc1cc3ccccc3cc12. The summed E-state index contributed by atoms with van der Waals surface area (Å²) in [6.45, 7) is 0. The van der Waals surface area contributed by atoms with Crippen molar-refractivity contribution in [1.29, 1.82) is 0 Å². The maximum atomic E-state index is 8.68. The lowest BCUT2D eigenvalue weighted by atomic mass is 10.1. The molecule has 0 bridgehead atoms. The summed E-state index contributed by atoms with van der Waals surface area (Å²) in [5.74, 6) is 0.545. The highest BCUT2D eigenvalue weighted by Crippen LogP contribution is 2.33. The molecule has 95 valence electrons. The van der Waals surface area contributed by atoms with Crippen LogP contribution >= 0.6 is 0 Å². The Kier molecular flexibility index (Phi) is 2.44. The standard InChI is InChI=1S/C16H10BO3/c18-17-20-12-5-6-13-14-7-10-3-1-2-4-11(10)8-15(14)19-16(13)9-12/h1-9,18H. The molecule has 3 aromatic carbocycles. The summed E-state index contributed by atoms with van der Waals surface area (Å²) in [5, 5.41) is 13.1. The van der Waals surface area contributed by atoms with E-state index in [0.29, 0.717) is 13.4 Å². The van der Waals surface area contributed by atoms with Crippen molar-refractivity contribution in [3.63, 3.8) is 0 Å². The van der Waals surface area contributed by atoms with Gasteiger partial charge in [-0.1, -0.05) is 24.3 Å². The van der Waals surface area contributed by atoms with Crippen LogP contribution in [-0.2, 0) is 0 Å². The van der Waals surface area contributed by atoms with Crippen LogP contribution in [0.1, 0.15) is 0 Å². The van der Waals surface area contributed by atoms with Gasteiger partial charge in [-0.2, -0.15) is 0 Å². The van der Waals surface area contributed by atoms with E-state index < -0.39 is 0 Å². The predicted molar refractivity (Wildman–Crippen MR) is 79.8 cm³/mol. The fourth-order valence-corrected chi connectivity index (χ4v) is 2.58. The molecule has 1 radical (unpaired) electrons. The molecule has 0 aliphatic rings. The van der Waals surface area contributed by atoms with Crippen LogP contribution in [0, 0.1) is 0 Å². The highest BCUT2D eigenvalue weighted by atomic mass is 16.5. The van der Waals surface area contributed by atoms with Gasteiger partial charge >= 0.3 is 7.69 Å². The summed E-state index contributed by atoms with van der Waals surface area (Å²) in [6.07, 6.45) is 0. The number of fused-ring (bicyclic) bond motifs is 4. The van der Waals surface area contributed by atoms with E-state index in [1.807, 2.05) is 24.3 Å². The first kappa shape index (κ1) is 11.4. The normalized spacial score (nSPS) is 11.2. The van der Waals surface area contributed by atoms with Gasteiger partial charge < -0.3 is 14.1 Å². The summed E-state index contributed by atoms with van der Waals surface area (Å²) in [4.78, 5) is 0. The maximum Gasteiger partial charge on any atom is 0.569 e. The van der Waals surface area contributed by atoms with E-state index in [9.17, 15) is 0 Å². The fourth-order valence-electron chi connectivity index (χ4n) is 2.58. The Morgan fingerprint density at radius 1 is 0.850 bits per heavy atom. The molecule has 3 nitrogen and oxygen atoms in total. The molecule has 0 fully saturated rings. The molecular formula is C16H10BO3. The van der Waals surface area contributed by atoms with Crippen molar-refractivity contribution in [2.75, 3.05) is 0 Å². The van der Waals surface area contributed by atoms with Crippen molar-refractivity contribution in [2.24, 2.45) is 0 Å². The lowest BCUT2D eigenvalue weighted by Gasteiger charge is -1.99. The lowest BCUT2D eigenvalue weighted by molar-refractivity contribution is 0.453. The van der Waals surface area contributed by atoms with E-state index in [-0.39, 0.29) is 0 Å². The minimum absolute atomic E-state index is 0.545. The maximum absolute atomic E-state index is 8.68. The number of benzene rings is 3. The van der Waals surface area contributed by atoms with Gasteiger partial charge in [0.15, 0.2) is 0 Å². The Hall–Kier alpha value is -2.46. The minimum Gasteiger partial charge on any atom is -0.537 e. The smallest absolute Gasteiger partial charge is 0.537 e. The van der Waals surface area contributed by atoms with Gasteiger partial charge in [-0.05, 0) is 35.0 Å². The molecule has 0 spiro atoms. The van der Waals surface area contributed by atoms with Crippen LogP contribution in [0.4, 0.5) is 0 Å². The number of hydrogen-bond acceptors (Lipinski definition) is 3. The predicted octanol–water partition coefficient (Wildman–Crippen LogP) is 3.64. The molecule has 1 heterocycles. The van der Waals surface area contributed by atoms with Crippen LogP contribution in [0.25, 0.3) is 32.7 Å². The van der Waals surface area contributed by atoms with Crippen LogP contribution in [0.3, 0.4) is 0 Å². The largest absolute Gasteiger partial charge is 0.569 e.